The van der Waals surface area contributed by atoms with E-state index in [1.165, 1.54) is 12.0 Å². The highest BCUT2D eigenvalue weighted by atomic mass is 15.4. The van der Waals surface area contributed by atoms with E-state index in [1.54, 1.807) is 11.0 Å². The Kier molecular flexibility index (Phi) is 5.13. The number of nitrogens with zero attached hydrogens (tertiary/aromatic N) is 5. The van der Waals surface area contributed by atoms with E-state index in [9.17, 15) is 0 Å². The lowest BCUT2D eigenvalue weighted by molar-refractivity contribution is 0.448. The predicted molar refractivity (Wildman–Crippen MR) is 95.7 cm³/mol. The molecule has 2 atom stereocenters. The molecule has 1 fully saturated rings. The summed E-state index contributed by atoms with van der Waals surface area (Å²) in [5.74, 6) is 3.18. The van der Waals surface area contributed by atoms with Crippen LogP contribution in [0.4, 0.5) is 0 Å². The number of aryl methyl sites for hydroxylation is 1. The van der Waals surface area contributed by atoms with Crippen LogP contribution in [0.2, 0.25) is 0 Å². The van der Waals surface area contributed by atoms with Gasteiger partial charge in [-0.15, -0.1) is 0 Å². The van der Waals surface area contributed by atoms with Gasteiger partial charge in [-0.1, -0.05) is 30.3 Å². The molecule has 1 aromatic carbocycles. The van der Waals surface area contributed by atoms with Crippen LogP contribution in [0, 0.1) is 5.92 Å². The van der Waals surface area contributed by atoms with Crippen LogP contribution in [-0.4, -0.2) is 45.8 Å². The average Bonchev–Trinajstić information content (AvgIpc) is 3.27. The quantitative estimate of drug-likeness (QED) is 0.652. The highest BCUT2D eigenvalue weighted by Crippen LogP contribution is 2.47. The Hall–Kier alpha value is -2.37. The summed E-state index contributed by atoms with van der Waals surface area (Å²) in [5, 5.41) is 7.49. The largest absolute Gasteiger partial charge is 0.357 e. The molecule has 2 aromatic rings. The zero-order valence-corrected chi connectivity index (χ0v) is 14.7. The van der Waals surface area contributed by atoms with Gasteiger partial charge in [0.1, 0.15) is 12.2 Å². The molecule has 1 saturated carbocycles. The second-order valence-electron chi connectivity index (χ2n) is 6.36. The zero-order valence-electron chi connectivity index (χ0n) is 14.7. The maximum Gasteiger partial charge on any atom is 0.194 e. The third-order valence-corrected chi connectivity index (χ3v) is 4.51. The highest BCUT2D eigenvalue weighted by Gasteiger charge is 2.37. The van der Waals surface area contributed by atoms with Crippen molar-refractivity contribution in [1.82, 2.24) is 25.0 Å². The molecule has 0 radical (unpaired) electrons. The molecule has 1 aromatic heterocycles. The van der Waals surface area contributed by atoms with Crippen molar-refractivity contribution in [3.05, 3.63) is 48.0 Å². The van der Waals surface area contributed by atoms with Crippen LogP contribution in [0.1, 0.15) is 30.7 Å². The van der Waals surface area contributed by atoms with Crippen molar-refractivity contribution >= 4 is 5.96 Å². The molecule has 0 saturated heterocycles. The van der Waals surface area contributed by atoms with Gasteiger partial charge in [0.25, 0.3) is 0 Å². The highest BCUT2D eigenvalue weighted by molar-refractivity contribution is 5.79. The summed E-state index contributed by atoms with van der Waals surface area (Å²) in [6.45, 7) is 4.50. The number of benzene rings is 1. The summed E-state index contributed by atoms with van der Waals surface area (Å²) < 4.78 is 1.80. The van der Waals surface area contributed by atoms with E-state index in [0.29, 0.717) is 18.4 Å². The van der Waals surface area contributed by atoms with E-state index in [4.69, 9.17) is 4.99 Å². The van der Waals surface area contributed by atoms with E-state index in [2.05, 4.69) is 57.6 Å². The summed E-state index contributed by atoms with van der Waals surface area (Å²) in [7, 11) is 3.95. The molecule has 1 aliphatic carbocycles. The summed E-state index contributed by atoms with van der Waals surface area (Å²) in [6, 6.07) is 10.8. The minimum absolute atomic E-state index is 0.657. The molecular formula is C18H26N6. The first-order chi connectivity index (χ1) is 11.7. The molecule has 0 spiro atoms. The monoisotopic (exact) mass is 326 g/mol. The third kappa shape index (κ3) is 3.93. The Balaban J connectivity index is 1.59. The average molecular weight is 326 g/mol. The maximum absolute atomic E-state index is 4.84. The van der Waals surface area contributed by atoms with E-state index in [1.807, 2.05) is 14.1 Å². The number of guanidine groups is 1. The predicted octanol–water partition coefficient (Wildman–Crippen LogP) is 2.02. The molecular weight excluding hydrogens is 300 g/mol. The standard InChI is InChI=1S/C18H26N6/c1-4-19-18(23(2)12-17-21-13-22-24(17)3)20-11-15-10-16(15)14-8-6-5-7-9-14/h5-9,13,15-16H,4,10-12H2,1-3H3,(H,19,20). The Labute approximate surface area is 143 Å². The molecule has 6 nitrogen and oxygen atoms in total. The van der Waals surface area contributed by atoms with E-state index in [0.717, 1.165) is 24.9 Å². The number of hydrogen-bond donors (Lipinski definition) is 1. The second-order valence-corrected chi connectivity index (χ2v) is 6.36. The second kappa shape index (κ2) is 7.47. The van der Waals surface area contributed by atoms with Crippen LogP contribution in [0.15, 0.2) is 41.7 Å². The van der Waals surface area contributed by atoms with Gasteiger partial charge < -0.3 is 10.2 Å². The van der Waals surface area contributed by atoms with Crippen LogP contribution in [0.3, 0.4) is 0 Å². The molecule has 0 bridgehead atoms. The number of hydrogen-bond acceptors (Lipinski definition) is 3. The van der Waals surface area contributed by atoms with Crippen molar-refractivity contribution in [1.29, 1.82) is 0 Å². The maximum atomic E-state index is 4.84. The van der Waals surface area contributed by atoms with E-state index < -0.39 is 0 Å². The summed E-state index contributed by atoms with van der Waals surface area (Å²) >= 11 is 0. The van der Waals surface area contributed by atoms with Gasteiger partial charge in [0.05, 0.1) is 6.54 Å². The number of rotatable bonds is 6. The first-order valence-corrected chi connectivity index (χ1v) is 8.56. The van der Waals surface area contributed by atoms with Crippen molar-refractivity contribution in [3.63, 3.8) is 0 Å². The summed E-state index contributed by atoms with van der Waals surface area (Å²) in [4.78, 5) is 11.2. The molecule has 2 unspecified atom stereocenters. The molecule has 0 amide bonds. The number of aliphatic imine (C=N–C) groups is 1. The van der Waals surface area contributed by atoms with Crippen molar-refractivity contribution in [2.45, 2.75) is 25.8 Å². The molecule has 24 heavy (non-hydrogen) atoms. The zero-order chi connectivity index (χ0) is 16.9. The van der Waals surface area contributed by atoms with E-state index >= 15 is 0 Å². The number of aromatic nitrogens is 3. The van der Waals surface area contributed by atoms with Crippen molar-refractivity contribution in [2.75, 3.05) is 20.1 Å². The van der Waals surface area contributed by atoms with Gasteiger partial charge in [-0.05, 0) is 30.7 Å². The Morgan fingerprint density at radius 1 is 1.38 bits per heavy atom. The molecule has 1 heterocycles. The van der Waals surface area contributed by atoms with Crippen LogP contribution >= 0.6 is 0 Å². The van der Waals surface area contributed by atoms with Gasteiger partial charge in [0.2, 0.25) is 0 Å². The van der Waals surface area contributed by atoms with E-state index in [-0.39, 0.29) is 0 Å². The molecule has 128 valence electrons. The fraction of sp³-hybridized carbons (Fsp3) is 0.500. The van der Waals surface area contributed by atoms with Gasteiger partial charge in [-0.2, -0.15) is 5.10 Å². The van der Waals surface area contributed by atoms with Crippen molar-refractivity contribution in [3.8, 4) is 0 Å². The van der Waals surface area contributed by atoms with Gasteiger partial charge in [-0.3, -0.25) is 9.67 Å². The first kappa shape index (κ1) is 16.5. The lowest BCUT2D eigenvalue weighted by Gasteiger charge is -2.21. The van der Waals surface area contributed by atoms with Crippen molar-refractivity contribution < 1.29 is 0 Å². The molecule has 1 aliphatic rings. The summed E-state index contributed by atoms with van der Waals surface area (Å²) in [5.41, 5.74) is 1.44. The van der Waals surface area contributed by atoms with Gasteiger partial charge in [0.15, 0.2) is 5.96 Å². The third-order valence-electron chi connectivity index (χ3n) is 4.51. The topological polar surface area (TPSA) is 58.3 Å². The Morgan fingerprint density at radius 2 is 2.17 bits per heavy atom. The normalized spacial score (nSPS) is 20.0. The number of nitrogens with one attached hydrogen (secondary N) is 1. The molecule has 0 aliphatic heterocycles. The van der Waals surface area contributed by atoms with Crippen LogP contribution in [-0.2, 0) is 13.6 Å². The lowest BCUT2D eigenvalue weighted by Crippen LogP contribution is -2.39. The van der Waals surface area contributed by atoms with Gasteiger partial charge in [-0.25, -0.2) is 4.98 Å². The van der Waals surface area contributed by atoms with Crippen LogP contribution < -0.4 is 5.32 Å². The van der Waals surface area contributed by atoms with Crippen LogP contribution in [0.5, 0.6) is 0 Å². The molecule has 3 rings (SSSR count). The Bertz CT molecular complexity index is 678. The fourth-order valence-corrected chi connectivity index (χ4v) is 2.98. The smallest absolute Gasteiger partial charge is 0.194 e. The van der Waals surface area contributed by atoms with Crippen molar-refractivity contribution in [2.24, 2.45) is 18.0 Å². The van der Waals surface area contributed by atoms with Gasteiger partial charge in [0, 0.05) is 27.2 Å². The minimum Gasteiger partial charge on any atom is -0.357 e. The lowest BCUT2D eigenvalue weighted by atomic mass is 10.1. The van der Waals surface area contributed by atoms with Gasteiger partial charge >= 0.3 is 0 Å². The molecule has 6 heteroatoms. The summed E-state index contributed by atoms with van der Waals surface area (Å²) in [6.07, 6.45) is 2.82. The fourth-order valence-electron chi connectivity index (χ4n) is 2.98. The first-order valence-electron chi connectivity index (χ1n) is 8.56. The molecule has 1 N–H and O–H groups in total. The minimum atomic E-state index is 0.657. The Morgan fingerprint density at radius 3 is 2.83 bits per heavy atom. The SMILES string of the molecule is CCNC(=NCC1CC1c1ccccc1)N(C)Cc1ncnn1C. The van der Waals surface area contributed by atoms with Crippen LogP contribution in [0.25, 0.3) is 0 Å².